The lowest BCUT2D eigenvalue weighted by molar-refractivity contribution is -0.144. The molecule has 1 aromatic carbocycles. The predicted molar refractivity (Wildman–Crippen MR) is 104 cm³/mol. The Balaban J connectivity index is 1.71. The third kappa shape index (κ3) is 3.92. The summed E-state index contributed by atoms with van der Waals surface area (Å²) in [7, 11) is 1.83. The zero-order chi connectivity index (χ0) is 18.9. The molecule has 0 aliphatic carbocycles. The van der Waals surface area contributed by atoms with Gasteiger partial charge in [-0.2, -0.15) is 0 Å². The lowest BCUT2D eigenvalue weighted by Gasteiger charge is -2.30. The van der Waals surface area contributed by atoms with E-state index in [0.29, 0.717) is 19.5 Å². The van der Waals surface area contributed by atoms with Crippen LogP contribution in [-0.2, 0) is 16.1 Å². The van der Waals surface area contributed by atoms with Crippen molar-refractivity contribution in [2.75, 3.05) is 13.6 Å². The highest BCUT2D eigenvalue weighted by Crippen LogP contribution is 2.26. The molecule has 1 N–H and O–H groups in total. The molecule has 2 amide bonds. The molecule has 1 aromatic heterocycles. The Morgan fingerprint density at radius 1 is 1.27 bits per heavy atom. The van der Waals surface area contributed by atoms with E-state index in [2.05, 4.69) is 31.8 Å². The fourth-order valence-corrected chi connectivity index (χ4v) is 3.75. The van der Waals surface area contributed by atoms with Crippen LogP contribution < -0.4 is 0 Å². The van der Waals surface area contributed by atoms with Gasteiger partial charge in [-0.15, -0.1) is 0 Å². The molecule has 1 fully saturated rings. The van der Waals surface area contributed by atoms with E-state index in [9.17, 15) is 9.59 Å². The number of nitrogens with zero attached hydrogens (tertiary/aromatic N) is 2. The molecule has 1 saturated heterocycles. The van der Waals surface area contributed by atoms with Crippen molar-refractivity contribution in [2.45, 2.75) is 52.6 Å². The number of hydrogen-bond donors (Lipinski definition) is 1. The lowest BCUT2D eigenvalue weighted by atomic mass is 9.91. The first-order valence-electron chi connectivity index (χ1n) is 9.36. The average molecular weight is 355 g/mol. The molecule has 2 heterocycles. The third-order valence-electron chi connectivity index (χ3n) is 5.01. The van der Waals surface area contributed by atoms with Crippen LogP contribution in [0.25, 0.3) is 10.9 Å². The third-order valence-corrected chi connectivity index (χ3v) is 5.01. The number of fused-ring (bicyclic) bond motifs is 1. The van der Waals surface area contributed by atoms with Gasteiger partial charge in [0.25, 0.3) is 0 Å². The second-order valence-corrected chi connectivity index (χ2v) is 8.53. The number of rotatable bonds is 4. The van der Waals surface area contributed by atoms with E-state index in [1.165, 1.54) is 0 Å². The van der Waals surface area contributed by atoms with Crippen LogP contribution in [0.4, 0.5) is 0 Å². The first kappa shape index (κ1) is 18.5. The molecular weight excluding hydrogens is 326 g/mol. The number of benzene rings is 1. The van der Waals surface area contributed by atoms with Crippen molar-refractivity contribution in [1.29, 1.82) is 0 Å². The number of aromatic amines is 1. The zero-order valence-corrected chi connectivity index (χ0v) is 16.2. The molecule has 5 nitrogen and oxygen atoms in total. The van der Waals surface area contributed by atoms with Gasteiger partial charge in [0.05, 0.1) is 0 Å². The number of hydrogen-bond acceptors (Lipinski definition) is 2. The Morgan fingerprint density at radius 2 is 2.04 bits per heavy atom. The van der Waals surface area contributed by atoms with Gasteiger partial charge in [-0.25, -0.2) is 0 Å². The summed E-state index contributed by atoms with van der Waals surface area (Å²) in [5, 5.41) is 1.14. The highest BCUT2D eigenvalue weighted by Gasteiger charge is 2.36. The minimum Gasteiger partial charge on any atom is -0.361 e. The molecule has 1 aliphatic rings. The number of likely N-dealkylation sites (N-methyl/N-ethyl adjacent to an activating group) is 1. The number of amides is 2. The normalized spacial score (nSPS) is 17.7. The molecule has 1 aliphatic heterocycles. The largest absolute Gasteiger partial charge is 0.361 e. The maximum Gasteiger partial charge on any atom is 0.245 e. The van der Waals surface area contributed by atoms with E-state index in [1.54, 1.807) is 9.80 Å². The molecular formula is C21H29N3O2. The van der Waals surface area contributed by atoms with E-state index in [1.807, 2.05) is 31.4 Å². The van der Waals surface area contributed by atoms with Gasteiger partial charge in [0, 0.05) is 43.7 Å². The summed E-state index contributed by atoms with van der Waals surface area (Å²) in [6.07, 6.45) is 4.05. The Hall–Kier alpha value is -2.30. The van der Waals surface area contributed by atoms with Crippen LogP contribution >= 0.6 is 0 Å². The van der Waals surface area contributed by atoms with Crippen molar-refractivity contribution >= 4 is 22.7 Å². The number of carbonyl (C=O) groups excluding carboxylic acids is 2. The van der Waals surface area contributed by atoms with Crippen molar-refractivity contribution < 1.29 is 9.59 Å². The van der Waals surface area contributed by atoms with Crippen molar-refractivity contribution in [3.8, 4) is 0 Å². The molecule has 3 rings (SSSR count). The molecule has 0 radical (unpaired) electrons. The smallest absolute Gasteiger partial charge is 0.245 e. The van der Waals surface area contributed by atoms with Crippen LogP contribution in [-0.4, -0.2) is 46.2 Å². The van der Waals surface area contributed by atoms with Crippen LogP contribution in [0.2, 0.25) is 0 Å². The van der Waals surface area contributed by atoms with Crippen LogP contribution in [0.5, 0.6) is 0 Å². The van der Waals surface area contributed by atoms with Gasteiger partial charge in [-0.3, -0.25) is 9.59 Å². The van der Waals surface area contributed by atoms with Crippen LogP contribution in [0.3, 0.4) is 0 Å². The first-order valence-corrected chi connectivity index (χ1v) is 9.36. The topological polar surface area (TPSA) is 56.4 Å². The number of likely N-dealkylation sites (tertiary alicyclic amines) is 1. The van der Waals surface area contributed by atoms with E-state index in [-0.39, 0.29) is 23.3 Å². The minimum atomic E-state index is -0.319. The van der Waals surface area contributed by atoms with E-state index in [0.717, 1.165) is 29.3 Å². The summed E-state index contributed by atoms with van der Waals surface area (Å²) in [5.74, 6) is 0.131. The highest BCUT2D eigenvalue weighted by atomic mass is 16.2. The SMILES string of the molecule is CN(Cc1cccc2[nH]ccc12)C(=O)C1CCCN1C(=O)CC(C)(C)C. The molecule has 1 unspecified atom stereocenters. The Kier molecular flexibility index (Phi) is 5.08. The van der Waals surface area contributed by atoms with Crippen molar-refractivity contribution in [1.82, 2.24) is 14.8 Å². The van der Waals surface area contributed by atoms with Gasteiger partial charge in [0.1, 0.15) is 6.04 Å². The second-order valence-electron chi connectivity index (χ2n) is 8.53. The van der Waals surface area contributed by atoms with Gasteiger partial charge in [0.2, 0.25) is 11.8 Å². The Morgan fingerprint density at radius 3 is 2.77 bits per heavy atom. The second kappa shape index (κ2) is 7.14. The summed E-state index contributed by atoms with van der Waals surface area (Å²) < 4.78 is 0. The van der Waals surface area contributed by atoms with Gasteiger partial charge >= 0.3 is 0 Å². The molecule has 0 bridgehead atoms. The van der Waals surface area contributed by atoms with E-state index >= 15 is 0 Å². The number of nitrogens with one attached hydrogen (secondary N) is 1. The van der Waals surface area contributed by atoms with Crippen molar-refractivity contribution in [3.63, 3.8) is 0 Å². The average Bonchev–Trinajstić information content (AvgIpc) is 3.22. The summed E-state index contributed by atoms with van der Waals surface area (Å²) in [6.45, 7) is 7.41. The molecule has 5 heteroatoms. The Bertz CT molecular complexity index is 803. The number of carbonyl (C=O) groups is 2. The number of H-pyrrole nitrogens is 1. The van der Waals surface area contributed by atoms with Gasteiger partial charge in [0.15, 0.2) is 0 Å². The fourth-order valence-electron chi connectivity index (χ4n) is 3.75. The lowest BCUT2D eigenvalue weighted by Crippen LogP contribution is -2.47. The summed E-state index contributed by atoms with van der Waals surface area (Å²) >= 11 is 0. The quantitative estimate of drug-likeness (QED) is 0.912. The maximum atomic E-state index is 13.0. The van der Waals surface area contributed by atoms with Crippen molar-refractivity contribution in [2.24, 2.45) is 5.41 Å². The van der Waals surface area contributed by atoms with E-state index in [4.69, 9.17) is 0 Å². The molecule has 26 heavy (non-hydrogen) atoms. The van der Waals surface area contributed by atoms with Crippen LogP contribution in [0.1, 0.15) is 45.6 Å². The molecule has 1 atom stereocenters. The van der Waals surface area contributed by atoms with Crippen LogP contribution in [0.15, 0.2) is 30.5 Å². The summed E-state index contributed by atoms with van der Waals surface area (Å²) in [5.41, 5.74) is 2.12. The standard InChI is InChI=1S/C21H29N3O2/c1-21(2,3)13-19(25)24-12-6-9-18(24)20(26)23(4)14-15-7-5-8-17-16(15)10-11-22-17/h5,7-8,10-11,18,22H,6,9,12-14H2,1-4H3. The molecule has 140 valence electrons. The van der Waals surface area contributed by atoms with Gasteiger partial charge in [-0.05, 0) is 36.0 Å². The Labute approximate surface area is 155 Å². The maximum absolute atomic E-state index is 13.0. The minimum absolute atomic E-state index is 0.0392. The predicted octanol–water partition coefficient (Wildman–Crippen LogP) is 3.55. The van der Waals surface area contributed by atoms with Gasteiger partial charge in [-0.1, -0.05) is 32.9 Å². The summed E-state index contributed by atoms with van der Waals surface area (Å²) in [6, 6.07) is 7.81. The van der Waals surface area contributed by atoms with Crippen LogP contribution in [0, 0.1) is 5.41 Å². The van der Waals surface area contributed by atoms with Gasteiger partial charge < -0.3 is 14.8 Å². The monoisotopic (exact) mass is 355 g/mol. The number of aromatic nitrogens is 1. The molecule has 2 aromatic rings. The zero-order valence-electron chi connectivity index (χ0n) is 16.2. The first-order chi connectivity index (χ1) is 12.3. The highest BCUT2D eigenvalue weighted by molar-refractivity contribution is 5.89. The fraction of sp³-hybridized carbons (Fsp3) is 0.524. The summed E-state index contributed by atoms with van der Waals surface area (Å²) in [4.78, 5) is 32.4. The molecule has 0 spiro atoms. The van der Waals surface area contributed by atoms with Crippen molar-refractivity contribution in [3.05, 3.63) is 36.0 Å². The molecule has 0 saturated carbocycles. The van der Waals surface area contributed by atoms with E-state index < -0.39 is 0 Å².